The van der Waals surface area contributed by atoms with Crippen LogP contribution in [0.3, 0.4) is 0 Å². The topological polar surface area (TPSA) is 60.9 Å². The van der Waals surface area contributed by atoms with Gasteiger partial charge in [0.25, 0.3) is 5.91 Å². The summed E-state index contributed by atoms with van der Waals surface area (Å²) < 4.78 is 0. The van der Waals surface area contributed by atoms with Crippen molar-refractivity contribution in [2.24, 2.45) is 5.41 Å². The molecule has 0 aromatic heterocycles. The molecule has 0 aliphatic carbocycles. The quantitative estimate of drug-likeness (QED) is 0.896. The van der Waals surface area contributed by atoms with Gasteiger partial charge in [-0.15, -0.1) is 0 Å². The van der Waals surface area contributed by atoms with Gasteiger partial charge in [0.2, 0.25) is 5.91 Å². The molecular formula is C19H25ClN2O3. The summed E-state index contributed by atoms with van der Waals surface area (Å²) in [5.74, 6) is 0.106. The third-order valence-electron chi connectivity index (χ3n) is 5.45. The molecule has 1 spiro atoms. The van der Waals surface area contributed by atoms with Gasteiger partial charge >= 0.3 is 0 Å². The van der Waals surface area contributed by atoms with Crippen molar-refractivity contribution in [3.63, 3.8) is 0 Å². The zero-order valence-electron chi connectivity index (χ0n) is 14.6. The van der Waals surface area contributed by atoms with Crippen LogP contribution in [0.2, 0.25) is 5.02 Å². The van der Waals surface area contributed by atoms with Crippen LogP contribution >= 0.6 is 11.6 Å². The maximum Gasteiger partial charge on any atom is 0.255 e. The first kappa shape index (κ1) is 18.2. The van der Waals surface area contributed by atoms with Gasteiger partial charge in [-0.05, 0) is 43.7 Å². The van der Waals surface area contributed by atoms with E-state index in [2.05, 4.69) is 0 Å². The molecule has 2 aliphatic heterocycles. The number of likely N-dealkylation sites (tertiary alicyclic amines) is 2. The average Bonchev–Trinajstić information content (AvgIpc) is 2.58. The Balaban J connectivity index is 1.64. The van der Waals surface area contributed by atoms with Gasteiger partial charge in [0.1, 0.15) is 0 Å². The van der Waals surface area contributed by atoms with E-state index in [9.17, 15) is 14.7 Å². The van der Waals surface area contributed by atoms with Crippen LogP contribution in [0.25, 0.3) is 0 Å². The Morgan fingerprint density at radius 3 is 2.60 bits per heavy atom. The molecule has 5 nitrogen and oxygen atoms in total. The number of halogens is 1. The first-order valence-corrected chi connectivity index (χ1v) is 9.28. The van der Waals surface area contributed by atoms with Crippen molar-refractivity contribution in [3.05, 3.63) is 34.9 Å². The van der Waals surface area contributed by atoms with E-state index in [0.717, 1.165) is 19.3 Å². The highest BCUT2D eigenvalue weighted by Crippen LogP contribution is 2.40. The minimum absolute atomic E-state index is 0.0202. The Morgan fingerprint density at radius 2 is 1.96 bits per heavy atom. The van der Waals surface area contributed by atoms with Gasteiger partial charge in [0.05, 0.1) is 16.7 Å². The fraction of sp³-hybridized carbons (Fsp3) is 0.579. The molecule has 0 radical (unpaired) electrons. The Labute approximate surface area is 153 Å². The second-order valence-corrected chi connectivity index (χ2v) is 7.80. The number of piperidine rings is 2. The largest absolute Gasteiger partial charge is 0.392 e. The third kappa shape index (κ3) is 3.98. The molecule has 1 aromatic rings. The number of aliphatic hydroxyl groups is 1. The number of nitrogens with zero attached hydrogens (tertiary/aromatic N) is 2. The van der Waals surface area contributed by atoms with E-state index in [4.69, 9.17) is 11.6 Å². The number of amides is 2. The summed E-state index contributed by atoms with van der Waals surface area (Å²) in [6, 6.07) is 7.14. The van der Waals surface area contributed by atoms with Gasteiger partial charge in [-0.2, -0.15) is 0 Å². The highest BCUT2D eigenvalue weighted by Gasteiger charge is 2.42. The van der Waals surface area contributed by atoms with Crippen molar-refractivity contribution in [2.45, 2.75) is 38.7 Å². The Hall–Kier alpha value is -1.59. The summed E-state index contributed by atoms with van der Waals surface area (Å²) in [5, 5.41) is 10.1. The minimum atomic E-state index is -0.513. The van der Waals surface area contributed by atoms with Crippen LogP contribution < -0.4 is 0 Å². The van der Waals surface area contributed by atoms with Gasteiger partial charge in [0, 0.05) is 32.6 Å². The molecule has 0 saturated carbocycles. The highest BCUT2D eigenvalue weighted by molar-refractivity contribution is 6.33. The lowest BCUT2D eigenvalue weighted by Crippen LogP contribution is -2.53. The summed E-state index contributed by atoms with van der Waals surface area (Å²) in [4.78, 5) is 28.4. The number of hydrogen-bond acceptors (Lipinski definition) is 3. The predicted molar refractivity (Wildman–Crippen MR) is 96.5 cm³/mol. The summed E-state index contributed by atoms with van der Waals surface area (Å²) in [6.45, 7) is 4.15. The molecular weight excluding hydrogens is 340 g/mol. The number of carbonyl (C=O) groups excluding carboxylic acids is 2. The number of carbonyl (C=O) groups is 2. The van der Waals surface area contributed by atoms with E-state index >= 15 is 0 Å². The van der Waals surface area contributed by atoms with Gasteiger partial charge < -0.3 is 14.9 Å². The van der Waals surface area contributed by atoms with Crippen molar-refractivity contribution >= 4 is 23.4 Å². The number of aliphatic hydroxyl groups excluding tert-OH is 1. The van der Waals surface area contributed by atoms with E-state index in [0.29, 0.717) is 43.2 Å². The van der Waals surface area contributed by atoms with Crippen molar-refractivity contribution in [1.29, 1.82) is 0 Å². The molecule has 1 N–H and O–H groups in total. The normalized spacial score (nSPS) is 21.5. The number of hydrogen-bond donors (Lipinski definition) is 1. The van der Waals surface area contributed by atoms with E-state index < -0.39 is 6.10 Å². The van der Waals surface area contributed by atoms with Crippen LogP contribution in [0, 0.1) is 5.41 Å². The summed E-state index contributed by atoms with van der Waals surface area (Å²) >= 11 is 6.15. The Kier molecular flexibility index (Phi) is 5.35. The minimum Gasteiger partial charge on any atom is -0.392 e. The van der Waals surface area contributed by atoms with E-state index in [-0.39, 0.29) is 17.2 Å². The third-order valence-corrected chi connectivity index (χ3v) is 5.78. The fourth-order valence-electron chi connectivity index (χ4n) is 3.98. The second-order valence-electron chi connectivity index (χ2n) is 7.40. The SMILES string of the molecule is C[C@@H](O)CN1CC2(CCC1=O)CCN(C(=O)c1ccccc1Cl)CC2. The number of rotatable bonds is 3. The molecule has 6 heteroatoms. The van der Waals surface area contributed by atoms with Gasteiger partial charge in [-0.3, -0.25) is 9.59 Å². The maximum atomic E-state index is 12.7. The zero-order valence-corrected chi connectivity index (χ0v) is 15.3. The molecule has 1 atom stereocenters. The maximum absolute atomic E-state index is 12.7. The molecule has 0 unspecified atom stereocenters. The summed E-state index contributed by atoms with van der Waals surface area (Å²) in [6.07, 6.45) is 2.65. The molecule has 2 fully saturated rings. The molecule has 136 valence electrons. The fourth-order valence-corrected chi connectivity index (χ4v) is 4.20. The van der Waals surface area contributed by atoms with Crippen molar-refractivity contribution in [2.75, 3.05) is 26.2 Å². The molecule has 0 bridgehead atoms. The Morgan fingerprint density at radius 1 is 1.28 bits per heavy atom. The predicted octanol–water partition coefficient (Wildman–Crippen LogP) is 2.57. The van der Waals surface area contributed by atoms with Crippen molar-refractivity contribution < 1.29 is 14.7 Å². The first-order chi connectivity index (χ1) is 11.9. The van der Waals surface area contributed by atoms with E-state index in [1.54, 1.807) is 24.0 Å². The molecule has 25 heavy (non-hydrogen) atoms. The van der Waals surface area contributed by atoms with Crippen molar-refractivity contribution in [3.8, 4) is 0 Å². The van der Waals surface area contributed by atoms with Gasteiger partial charge in [0.15, 0.2) is 0 Å². The van der Waals surface area contributed by atoms with Gasteiger partial charge in [-0.25, -0.2) is 0 Å². The highest BCUT2D eigenvalue weighted by atomic mass is 35.5. The number of β-amino-alcohol motifs (C(OH)–C–C–N with tert-alkyl or cyclic N) is 1. The van der Waals surface area contributed by atoms with Crippen LogP contribution in [0.15, 0.2) is 24.3 Å². The monoisotopic (exact) mass is 364 g/mol. The lowest BCUT2D eigenvalue weighted by Gasteiger charge is -2.47. The summed E-state index contributed by atoms with van der Waals surface area (Å²) in [5.41, 5.74) is 0.620. The Bertz CT molecular complexity index is 654. The first-order valence-electron chi connectivity index (χ1n) is 8.90. The lowest BCUT2D eigenvalue weighted by molar-refractivity contribution is -0.140. The van der Waals surface area contributed by atoms with Crippen LogP contribution in [0.5, 0.6) is 0 Å². The van der Waals surface area contributed by atoms with Crippen molar-refractivity contribution in [1.82, 2.24) is 9.80 Å². The molecule has 2 aliphatic rings. The zero-order chi connectivity index (χ0) is 18.0. The molecule has 3 rings (SSSR count). The smallest absolute Gasteiger partial charge is 0.255 e. The molecule has 2 heterocycles. The molecule has 2 amide bonds. The second kappa shape index (κ2) is 7.34. The molecule has 2 saturated heterocycles. The summed E-state index contributed by atoms with van der Waals surface area (Å²) in [7, 11) is 0. The van der Waals surface area contributed by atoms with Crippen LogP contribution in [0.4, 0.5) is 0 Å². The lowest BCUT2D eigenvalue weighted by atomic mass is 9.72. The van der Waals surface area contributed by atoms with Crippen LogP contribution in [0.1, 0.15) is 43.0 Å². The van der Waals surface area contributed by atoms with Gasteiger partial charge in [-0.1, -0.05) is 23.7 Å². The number of benzene rings is 1. The van der Waals surface area contributed by atoms with Crippen LogP contribution in [-0.4, -0.2) is 59.0 Å². The standard InChI is InChI=1S/C19H25ClN2O3/c1-14(23)12-22-13-19(7-6-17(22)24)8-10-21(11-9-19)18(25)15-4-2-3-5-16(15)20/h2-5,14,23H,6-13H2,1H3/t14-/m1/s1. The van der Waals surface area contributed by atoms with E-state index in [1.165, 1.54) is 0 Å². The molecule has 1 aromatic carbocycles. The van der Waals surface area contributed by atoms with Crippen LogP contribution in [-0.2, 0) is 4.79 Å². The van der Waals surface area contributed by atoms with E-state index in [1.807, 2.05) is 17.0 Å². The average molecular weight is 365 g/mol.